The third kappa shape index (κ3) is 5.08. The number of furan rings is 1. The zero-order valence-corrected chi connectivity index (χ0v) is 20.7. The van der Waals surface area contributed by atoms with Gasteiger partial charge in [0.05, 0.1) is 12.1 Å². The van der Waals surface area contributed by atoms with Gasteiger partial charge in [0, 0.05) is 45.5 Å². The number of para-hydroxylation sites is 2. The summed E-state index contributed by atoms with van der Waals surface area (Å²) in [5.74, 6) is 0.634. The molecule has 35 heavy (non-hydrogen) atoms. The molecule has 0 aliphatic rings. The zero-order chi connectivity index (χ0) is 24.4. The first-order valence-electron chi connectivity index (χ1n) is 11.4. The van der Waals surface area contributed by atoms with Gasteiger partial charge in [0.2, 0.25) is 5.91 Å². The first-order valence-corrected chi connectivity index (χ1v) is 12.2. The molecule has 2 heterocycles. The topological polar surface area (TPSA) is 70.1 Å². The zero-order valence-electron chi connectivity index (χ0n) is 19.2. The van der Waals surface area contributed by atoms with Crippen molar-refractivity contribution < 1.29 is 9.21 Å². The van der Waals surface area contributed by atoms with Gasteiger partial charge in [-0.1, -0.05) is 65.7 Å². The highest BCUT2D eigenvalue weighted by Crippen LogP contribution is 2.25. The van der Waals surface area contributed by atoms with Crippen molar-refractivity contribution in [3.8, 4) is 0 Å². The number of hydrogen-bond acceptors (Lipinski definition) is 3. The van der Waals surface area contributed by atoms with Crippen LogP contribution < -0.4 is 10.6 Å². The normalized spacial score (nSPS) is 13.2. The molecule has 0 bridgehead atoms. The number of halogens is 2. The van der Waals surface area contributed by atoms with Crippen molar-refractivity contribution in [3.05, 3.63) is 106 Å². The van der Waals surface area contributed by atoms with Gasteiger partial charge in [0.1, 0.15) is 11.3 Å². The molecule has 0 aliphatic carbocycles. The fraction of sp³-hybridized carbons (Fsp3) is 0.179. The highest BCUT2D eigenvalue weighted by atomic mass is 35.5. The standard InChI is InChI=1S/C28H25Cl2N3O2/c1-28(14-20-16-31-25-8-4-3-7-23(20)25,27(34)32-15-19-10-11-21(29)13-24(19)30)33-17-22-12-18-6-2-5-9-26(18)35-22/h2-13,16,31,33H,14-15,17H2,1H3,(H,32,34). The Labute approximate surface area is 213 Å². The summed E-state index contributed by atoms with van der Waals surface area (Å²) in [6.07, 6.45) is 2.45. The molecule has 1 amide bonds. The number of H-pyrrole nitrogens is 1. The van der Waals surface area contributed by atoms with Crippen molar-refractivity contribution >= 4 is 51.0 Å². The number of carbonyl (C=O) groups excluding carboxylic acids is 1. The summed E-state index contributed by atoms with van der Waals surface area (Å²) in [5.41, 5.74) is 2.80. The number of aromatic amines is 1. The number of hydrogen-bond donors (Lipinski definition) is 3. The Hall–Kier alpha value is -3.25. The van der Waals surface area contributed by atoms with E-state index < -0.39 is 5.54 Å². The van der Waals surface area contributed by atoms with E-state index in [0.29, 0.717) is 29.6 Å². The Bertz CT molecular complexity index is 1470. The third-order valence-corrected chi connectivity index (χ3v) is 6.89. The second-order valence-corrected chi connectivity index (χ2v) is 9.73. The van der Waals surface area contributed by atoms with E-state index in [0.717, 1.165) is 38.8 Å². The van der Waals surface area contributed by atoms with E-state index in [1.807, 2.05) is 67.7 Å². The average Bonchev–Trinajstić information content (AvgIpc) is 3.46. The van der Waals surface area contributed by atoms with Crippen LogP contribution in [0.3, 0.4) is 0 Å². The molecule has 0 saturated heterocycles. The van der Waals surface area contributed by atoms with E-state index in [-0.39, 0.29) is 5.91 Å². The van der Waals surface area contributed by atoms with Crippen molar-refractivity contribution in [1.82, 2.24) is 15.6 Å². The van der Waals surface area contributed by atoms with Gasteiger partial charge in [-0.15, -0.1) is 0 Å². The first kappa shape index (κ1) is 23.5. The lowest BCUT2D eigenvalue weighted by atomic mass is 9.91. The number of nitrogens with one attached hydrogen (secondary N) is 3. The maximum atomic E-state index is 13.6. The molecule has 5 nitrogen and oxygen atoms in total. The van der Waals surface area contributed by atoms with Crippen molar-refractivity contribution in [2.45, 2.75) is 32.0 Å². The molecule has 0 fully saturated rings. The lowest BCUT2D eigenvalue weighted by molar-refractivity contribution is -0.127. The van der Waals surface area contributed by atoms with Gasteiger partial charge >= 0.3 is 0 Å². The van der Waals surface area contributed by atoms with Gasteiger partial charge in [-0.25, -0.2) is 0 Å². The van der Waals surface area contributed by atoms with Crippen LogP contribution >= 0.6 is 23.2 Å². The molecule has 2 aromatic heterocycles. The third-order valence-electron chi connectivity index (χ3n) is 6.30. The molecule has 5 rings (SSSR count). The SMILES string of the molecule is CC(Cc1c[nH]c2ccccc12)(NCc1cc2ccccc2o1)C(=O)NCc1ccc(Cl)cc1Cl. The van der Waals surface area contributed by atoms with Gasteiger partial charge in [-0.2, -0.15) is 0 Å². The summed E-state index contributed by atoms with van der Waals surface area (Å²) in [6.45, 7) is 2.61. The second-order valence-electron chi connectivity index (χ2n) is 8.89. The van der Waals surface area contributed by atoms with Crippen LogP contribution in [0.15, 0.2) is 83.4 Å². The van der Waals surface area contributed by atoms with E-state index in [9.17, 15) is 4.79 Å². The number of benzene rings is 3. The molecule has 0 spiro atoms. The van der Waals surface area contributed by atoms with Gasteiger partial charge in [0.25, 0.3) is 0 Å². The fourth-order valence-electron chi connectivity index (χ4n) is 4.32. The minimum absolute atomic E-state index is 0.134. The van der Waals surface area contributed by atoms with Gasteiger partial charge in [0.15, 0.2) is 0 Å². The largest absolute Gasteiger partial charge is 0.460 e. The quantitative estimate of drug-likeness (QED) is 0.221. The van der Waals surface area contributed by atoms with Crippen molar-refractivity contribution in [3.63, 3.8) is 0 Å². The molecular weight excluding hydrogens is 481 g/mol. The van der Waals surface area contributed by atoms with Crippen LogP contribution in [0.1, 0.15) is 23.8 Å². The molecule has 0 saturated carbocycles. The molecule has 178 valence electrons. The molecule has 5 aromatic rings. The van der Waals surface area contributed by atoms with E-state index >= 15 is 0 Å². The number of fused-ring (bicyclic) bond motifs is 2. The van der Waals surface area contributed by atoms with Gasteiger partial charge < -0.3 is 14.7 Å². The molecule has 0 radical (unpaired) electrons. The molecular formula is C28H25Cl2N3O2. The van der Waals surface area contributed by atoms with Gasteiger partial charge in [-0.3, -0.25) is 10.1 Å². The molecule has 1 atom stereocenters. The van der Waals surface area contributed by atoms with Gasteiger partial charge in [-0.05, 0) is 48.4 Å². The number of rotatable bonds is 8. The molecule has 3 N–H and O–H groups in total. The summed E-state index contributed by atoms with van der Waals surface area (Å²) in [4.78, 5) is 16.9. The summed E-state index contributed by atoms with van der Waals surface area (Å²) in [6, 6.07) is 23.2. The predicted molar refractivity (Wildman–Crippen MR) is 142 cm³/mol. The maximum absolute atomic E-state index is 13.6. The Morgan fingerprint density at radius 2 is 1.77 bits per heavy atom. The number of aromatic nitrogens is 1. The Morgan fingerprint density at radius 1 is 0.971 bits per heavy atom. The lowest BCUT2D eigenvalue weighted by Gasteiger charge is -2.29. The van der Waals surface area contributed by atoms with Crippen LogP contribution in [0.4, 0.5) is 0 Å². The van der Waals surface area contributed by atoms with E-state index in [1.54, 1.807) is 12.1 Å². The minimum Gasteiger partial charge on any atom is -0.460 e. The predicted octanol–water partition coefficient (Wildman–Crippen LogP) is 6.63. The number of amides is 1. The maximum Gasteiger partial charge on any atom is 0.240 e. The van der Waals surface area contributed by atoms with E-state index in [4.69, 9.17) is 27.6 Å². The molecule has 3 aromatic carbocycles. The van der Waals surface area contributed by atoms with Crippen LogP contribution in [0.25, 0.3) is 21.9 Å². The monoisotopic (exact) mass is 505 g/mol. The van der Waals surface area contributed by atoms with Crippen LogP contribution in [0.5, 0.6) is 0 Å². The highest BCUT2D eigenvalue weighted by molar-refractivity contribution is 6.35. The number of carbonyl (C=O) groups is 1. The van der Waals surface area contributed by atoms with Crippen LogP contribution in [-0.2, 0) is 24.3 Å². The van der Waals surface area contributed by atoms with E-state index in [1.165, 1.54) is 0 Å². The fourth-order valence-corrected chi connectivity index (χ4v) is 4.80. The van der Waals surface area contributed by atoms with Crippen molar-refractivity contribution in [2.75, 3.05) is 0 Å². The lowest BCUT2D eigenvalue weighted by Crippen LogP contribution is -2.55. The minimum atomic E-state index is -0.914. The van der Waals surface area contributed by atoms with Crippen molar-refractivity contribution in [1.29, 1.82) is 0 Å². The van der Waals surface area contributed by atoms with Crippen molar-refractivity contribution in [2.24, 2.45) is 0 Å². The Morgan fingerprint density at radius 3 is 2.60 bits per heavy atom. The molecule has 7 heteroatoms. The average molecular weight is 506 g/mol. The van der Waals surface area contributed by atoms with Crippen LogP contribution in [0.2, 0.25) is 10.0 Å². The molecule has 1 unspecified atom stereocenters. The Balaban J connectivity index is 1.39. The smallest absolute Gasteiger partial charge is 0.240 e. The van der Waals surface area contributed by atoms with E-state index in [2.05, 4.69) is 21.7 Å². The summed E-state index contributed by atoms with van der Waals surface area (Å²) >= 11 is 12.3. The summed E-state index contributed by atoms with van der Waals surface area (Å²) < 4.78 is 5.97. The Kier molecular flexibility index (Phi) is 6.56. The van der Waals surface area contributed by atoms with Crippen LogP contribution in [-0.4, -0.2) is 16.4 Å². The summed E-state index contributed by atoms with van der Waals surface area (Å²) in [5, 5.41) is 9.72. The summed E-state index contributed by atoms with van der Waals surface area (Å²) in [7, 11) is 0. The highest BCUT2D eigenvalue weighted by Gasteiger charge is 2.34. The van der Waals surface area contributed by atoms with Crippen LogP contribution in [0, 0.1) is 0 Å². The first-order chi connectivity index (χ1) is 16.9. The second kappa shape index (κ2) is 9.78. The molecule has 0 aliphatic heterocycles.